The average Bonchev–Trinajstić information content (AvgIpc) is 2.50. The summed E-state index contributed by atoms with van der Waals surface area (Å²) in [6.07, 6.45) is 7.98. The van der Waals surface area contributed by atoms with Gasteiger partial charge in [-0.15, -0.1) is 11.6 Å². The quantitative estimate of drug-likeness (QED) is 0.394. The minimum Gasteiger partial charge on any atom is -1.00 e. The van der Waals surface area contributed by atoms with E-state index in [-0.39, 0.29) is 35.3 Å². The van der Waals surface area contributed by atoms with Crippen LogP contribution in [0.15, 0.2) is 24.3 Å². The molecule has 0 aromatic heterocycles. The van der Waals surface area contributed by atoms with Crippen molar-refractivity contribution in [2.24, 2.45) is 0 Å². The molecule has 0 N–H and O–H groups in total. The predicted molar refractivity (Wildman–Crippen MR) is 51.8 cm³/mol. The maximum atomic E-state index is 3.40. The van der Waals surface area contributed by atoms with E-state index in [1.807, 2.05) is 0 Å². The molecule has 82 valence electrons. The van der Waals surface area contributed by atoms with Gasteiger partial charge in [-0.3, -0.25) is 6.08 Å². The third-order valence-electron chi connectivity index (χ3n) is 2.39. The third-order valence-corrected chi connectivity index (χ3v) is 2.39. The normalized spacial score (nSPS) is 15.7. The zero-order valence-electron chi connectivity index (χ0n) is 8.63. The van der Waals surface area contributed by atoms with Gasteiger partial charge in [0.2, 0.25) is 0 Å². The standard InChI is InChI=1S/C12H13.2FH.Hf/c1-2-5-10-8-9-11-6-3-4-7-12(10)11;;;/h3-4,6-7,9-10H,2,5H2,1H3;2*1H;/q-1;;;/p-2. The third kappa shape index (κ3) is 3.63. The Bertz CT molecular complexity index is 310. The van der Waals surface area contributed by atoms with Crippen LogP contribution in [0.1, 0.15) is 36.8 Å². The molecule has 1 aliphatic carbocycles. The molecule has 0 saturated heterocycles. The molecular formula is C12H13F2Hf-3. The first-order valence-electron chi connectivity index (χ1n) is 4.60. The summed E-state index contributed by atoms with van der Waals surface area (Å²) in [6.45, 7) is 2.22. The van der Waals surface area contributed by atoms with E-state index < -0.39 is 0 Å². The van der Waals surface area contributed by atoms with Gasteiger partial charge < -0.3 is 9.41 Å². The molecule has 0 saturated carbocycles. The van der Waals surface area contributed by atoms with E-state index in [1.165, 1.54) is 24.0 Å². The minimum atomic E-state index is 0. The van der Waals surface area contributed by atoms with Crippen molar-refractivity contribution in [3.63, 3.8) is 0 Å². The first kappa shape index (κ1) is 17.1. The van der Waals surface area contributed by atoms with E-state index >= 15 is 0 Å². The maximum absolute atomic E-state index is 3.40. The van der Waals surface area contributed by atoms with Crippen molar-refractivity contribution in [3.8, 4) is 0 Å². The second kappa shape index (κ2) is 7.91. The predicted octanol–water partition coefficient (Wildman–Crippen LogP) is -2.59. The first-order chi connectivity index (χ1) is 5.92. The molecule has 0 heterocycles. The van der Waals surface area contributed by atoms with Crippen molar-refractivity contribution in [1.29, 1.82) is 0 Å². The number of hydrogen-bond donors (Lipinski definition) is 0. The second-order valence-corrected chi connectivity index (χ2v) is 3.28. The molecule has 1 atom stereocenters. The number of hydrogen-bond acceptors (Lipinski definition) is 0. The molecule has 15 heavy (non-hydrogen) atoms. The van der Waals surface area contributed by atoms with Crippen LogP contribution in [-0.4, -0.2) is 0 Å². The minimum absolute atomic E-state index is 0. The second-order valence-electron chi connectivity index (χ2n) is 3.28. The van der Waals surface area contributed by atoms with Crippen molar-refractivity contribution in [3.05, 3.63) is 41.5 Å². The molecule has 2 rings (SSSR count). The van der Waals surface area contributed by atoms with Gasteiger partial charge in [0, 0.05) is 25.8 Å². The van der Waals surface area contributed by atoms with Crippen LogP contribution in [0.25, 0.3) is 6.08 Å². The van der Waals surface area contributed by atoms with Crippen molar-refractivity contribution >= 4 is 6.08 Å². The molecule has 1 aromatic rings. The van der Waals surface area contributed by atoms with E-state index in [0.29, 0.717) is 5.92 Å². The number of benzene rings is 1. The van der Waals surface area contributed by atoms with E-state index in [9.17, 15) is 0 Å². The fraction of sp³-hybridized carbons (Fsp3) is 0.333. The van der Waals surface area contributed by atoms with Crippen LogP contribution in [-0.2, 0) is 25.8 Å². The Kier molecular flexibility index (Phi) is 9.02. The molecule has 0 bridgehead atoms. The van der Waals surface area contributed by atoms with Gasteiger partial charge in [-0.25, -0.2) is 6.08 Å². The summed E-state index contributed by atoms with van der Waals surface area (Å²) in [7, 11) is 0. The fourth-order valence-electron chi connectivity index (χ4n) is 1.77. The SMILES string of the molecule is CCCC1[C-]=Cc2ccccc21.[F-].[F-].[Hf]. The van der Waals surface area contributed by atoms with Crippen LogP contribution < -0.4 is 9.41 Å². The molecule has 1 aromatic carbocycles. The Morgan fingerprint density at radius 2 is 1.87 bits per heavy atom. The van der Waals surface area contributed by atoms with Gasteiger partial charge in [0.1, 0.15) is 0 Å². The van der Waals surface area contributed by atoms with E-state index in [4.69, 9.17) is 0 Å². The topological polar surface area (TPSA) is 0 Å². The summed E-state index contributed by atoms with van der Waals surface area (Å²) in [5.74, 6) is 0.561. The van der Waals surface area contributed by atoms with Crippen molar-refractivity contribution in [2.75, 3.05) is 0 Å². The van der Waals surface area contributed by atoms with Crippen LogP contribution in [0.2, 0.25) is 0 Å². The molecule has 0 fully saturated rings. The molecule has 0 aliphatic heterocycles. The molecular weight excluding hydrogens is 361 g/mol. The van der Waals surface area contributed by atoms with Crippen molar-refractivity contribution in [1.82, 2.24) is 0 Å². The molecule has 3 heteroatoms. The Morgan fingerprint density at radius 3 is 2.53 bits per heavy atom. The van der Waals surface area contributed by atoms with Crippen LogP contribution in [0.4, 0.5) is 0 Å². The zero-order chi connectivity index (χ0) is 8.39. The van der Waals surface area contributed by atoms with Crippen LogP contribution in [0, 0.1) is 6.08 Å². The van der Waals surface area contributed by atoms with Crippen LogP contribution >= 0.6 is 0 Å². The monoisotopic (exact) mass is 375 g/mol. The molecule has 0 nitrogen and oxygen atoms in total. The van der Waals surface area contributed by atoms with Gasteiger partial charge in [-0.05, 0) is 0 Å². The molecule has 0 radical (unpaired) electrons. The first-order valence-corrected chi connectivity index (χ1v) is 4.60. The van der Waals surface area contributed by atoms with E-state index in [0.717, 1.165) is 0 Å². The summed E-state index contributed by atoms with van der Waals surface area (Å²) in [5, 5.41) is 0. The average molecular weight is 374 g/mol. The van der Waals surface area contributed by atoms with Crippen LogP contribution in [0.3, 0.4) is 0 Å². The molecule has 1 unspecified atom stereocenters. The Morgan fingerprint density at radius 1 is 1.20 bits per heavy atom. The maximum Gasteiger partial charge on any atom is 0 e. The summed E-state index contributed by atoms with van der Waals surface area (Å²) in [4.78, 5) is 0. The molecule has 0 spiro atoms. The van der Waals surface area contributed by atoms with Gasteiger partial charge in [-0.1, -0.05) is 43.9 Å². The zero-order valence-corrected chi connectivity index (χ0v) is 12.2. The van der Waals surface area contributed by atoms with Crippen molar-refractivity contribution < 1.29 is 35.3 Å². The summed E-state index contributed by atoms with van der Waals surface area (Å²) in [5.41, 5.74) is 2.82. The number of fused-ring (bicyclic) bond motifs is 1. The van der Waals surface area contributed by atoms with Gasteiger partial charge in [-0.2, -0.15) is 5.56 Å². The van der Waals surface area contributed by atoms with E-state index in [1.54, 1.807) is 0 Å². The Hall–Kier alpha value is -0.310. The van der Waals surface area contributed by atoms with Crippen molar-refractivity contribution in [2.45, 2.75) is 25.7 Å². The fourth-order valence-corrected chi connectivity index (χ4v) is 1.77. The Labute approximate surface area is 108 Å². The smallest absolute Gasteiger partial charge is 0 e. The summed E-state index contributed by atoms with van der Waals surface area (Å²) < 4.78 is 0. The number of halogens is 2. The summed E-state index contributed by atoms with van der Waals surface area (Å²) in [6, 6.07) is 8.58. The molecule has 0 amide bonds. The van der Waals surface area contributed by atoms with Gasteiger partial charge >= 0.3 is 0 Å². The van der Waals surface area contributed by atoms with Gasteiger partial charge in [0.15, 0.2) is 0 Å². The van der Waals surface area contributed by atoms with Gasteiger partial charge in [0.05, 0.1) is 0 Å². The number of allylic oxidation sites excluding steroid dienone is 1. The van der Waals surface area contributed by atoms with E-state index in [2.05, 4.69) is 43.3 Å². The molecule has 1 aliphatic rings. The summed E-state index contributed by atoms with van der Waals surface area (Å²) >= 11 is 0. The largest absolute Gasteiger partial charge is 1.00 e. The van der Waals surface area contributed by atoms with Crippen LogP contribution in [0.5, 0.6) is 0 Å². The van der Waals surface area contributed by atoms with Gasteiger partial charge in [0.25, 0.3) is 0 Å². The number of rotatable bonds is 2. The Balaban J connectivity index is 0.